The monoisotopic (exact) mass is 549 g/mol. The van der Waals surface area contributed by atoms with E-state index in [-0.39, 0.29) is 13.7 Å². The number of rotatable bonds is 8. The minimum atomic E-state index is 0. The second kappa shape index (κ2) is 12.3. The van der Waals surface area contributed by atoms with Crippen molar-refractivity contribution in [3.8, 4) is 5.75 Å². The highest BCUT2D eigenvalue weighted by molar-refractivity contribution is 5.69. The van der Waals surface area contributed by atoms with Crippen molar-refractivity contribution in [2.45, 2.75) is 97.1 Å². The zero-order valence-electron chi connectivity index (χ0n) is 26.3. The highest BCUT2D eigenvalue weighted by atomic mass is 16.5. The van der Waals surface area contributed by atoms with Gasteiger partial charge in [-0.2, -0.15) is 4.98 Å². The predicted octanol–water partition coefficient (Wildman–Crippen LogP) is 7.52. The lowest BCUT2D eigenvalue weighted by Crippen LogP contribution is -2.32. The molecule has 6 heteroatoms. The fourth-order valence-electron chi connectivity index (χ4n) is 5.80. The second-order valence-corrected chi connectivity index (χ2v) is 13.8. The Morgan fingerprint density at radius 3 is 2.33 bits per heavy atom. The summed E-state index contributed by atoms with van der Waals surface area (Å²) in [6.07, 6.45) is 14.0. The largest absolute Gasteiger partial charge is 0.496 e. The van der Waals surface area contributed by atoms with Crippen LogP contribution in [0.15, 0.2) is 30.4 Å². The lowest BCUT2D eigenvalue weighted by atomic mass is 9.79. The molecule has 2 aromatic rings. The number of benzene rings is 1. The lowest BCUT2D eigenvalue weighted by molar-refractivity contribution is 0.322. The third kappa shape index (κ3) is 7.25. The molecule has 1 fully saturated rings. The number of nitrogens with one attached hydrogen (secondary N) is 2. The summed E-state index contributed by atoms with van der Waals surface area (Å²) in [6.45, 7) is 15.5. The van der Waals surface area contributed by atoms with Crippen molar-refractivity contribution < 1.29 is 7.59 Å². The molecule has 0 bridgehead atoms. The summed E-state index contributed by atoms with van der Waals surface area (Å²) < 4.78 is 5.98. The molecule has 0 amide bonds. The summed E-state index contributed by atoms with van der Waals surface area (Å²) >= 11 is 0. The molecule has 40 heavy (non-hydrogen) atoms. The van der Waals surface area contributed by atoms with E-state index in [1.807, 2.05) is 7.11 Å². The van der Waals surface area contributed by atoms with Crippen molar-refractivity contribution in [2.24, 2.45) is 5.92 Å². The predicted molar refractivity (Wildman–Crippen MR) is 174 cm³/mol. The summed E-state index contributed by atoms with van der Waals surface area (Å²) in [4.78, 5) is 11.9. The first-order valence-corrected chi connectivity index (χ1v) is 15.0. The zero-order chi connectivity index (χ0) is 29.1. The molecule has 1 aromatic heterocycles. The van der Waals surface area contributed by atoms with Crippen LogP contribution in [0.25, 0.3) is 6.08 Å². The van der Waals surface area contributed by atoms with Crippen LogP contribution < -0.4 is 20.3 Å². The van der Waals surface area contributed by atoms with Crippen molar-refractivity contribution >= 4 is 17.8 Å². The summed E-state index contributed by atoms with van der Waals surface area (Å²) in [5.41, 5.74) is 6.24. The number of nitrogens with zero attached hydrogens (tertiary/aromatic N) is 3. The Bertz CT molecular complexity index is 1240. The standard InChI is InChI=1S/C34H51N5O.2H2/c1-33(2,3)25-19-24(30(40-9)28(20-25)34(4,5)6)22-35-21-23-15-17-26(18-16-23)36-32-37-29-14-12-10-11-13-27(29)31(38-32)39(7)8;;/h10-13,19-20,23,26,35H,14-18,21-22H2,1-9H3,(H,36,37,38);2*1H. The molecule has 1 heterocycles. The number of anilines is 2. The van der Waals surface area contributed by atoms with Crippen LogP contribution in [0.5, 0.6) is 5.75 Å². The Kier molecular flexibility index (Phi) is 9.29. The maximum absolute atomic E-state index is 5.98. The number of ether oxygens (including phenoxy) is 1. The van der Waals surface area contributed by atoms with Gasteiger partial charge in [0.15, 0.2) is 0 Å². The van der Waals surface area contributed by atoms with Gasteiger partial charge in [-0.25, -0.2) is 4.98 Å². The van der Waals surface area contributed by atoms with Crippen molar-refractivity contribution in [1.82, 2.24) is 15.3 Å². The van der Waals surface area contributed by atoms with E-state index in [9.17, 15) is 0 Å². The molecule has 1 aromatic carbocycles. The van der Waals surface area contributed by atoms with Crippen molar-refractivity contribution in [1.29, 1.82) is 0 Å². The molecule has 4 rings (SSSR count). The summed E-state index contributed by atoms with van der Waals surface area (Å²) in [5.74, 6) is 3.45. The molecule has 6 nitrogen and oxygen atoms in total. The van der Waals surface area contributed by atoms with E-state index in [0.717, 1.165) is 61.1 Å². The van der Waals surface area contributed by atoms with Crippen LogP contribution in [0, 0.1) is 5.92 Å². The maximum atomic E-state index is 5.98. The molecule has 2 aliphatic rings. The van der Waals surface area contributed by atoms with E-state index in [1.54, 1.807) is 0 Å². The second-order valence-electron chi connectivity index (χ2n) is 13.8. The average Bonchev–Trinajstić information content (AvgIpc) is 3.13. The van der Waals surface area contributed by atoms with E-state index in [1.165, 1.54) is 29.5 Å². The van der Waals surface area contributed by atoms with Gasteiger partial charge >= 0.3 is 0 Å². The third-order valence-electron chi connectivity index (χ3n) is 8.22. The first-order valence-electron chi connectivity index (χ1n) is 15.0. The highest BCUT2D eigenvalue weighted by Crippen LogP contribution is 2.38. The normalized spacial score (nSPS) is 19.2. The van der Waals surface area contributed by atoms with Crippen LogP contribution in [0.4, 0.5) is 11.8 Å². The van der Waals surface area contributed by atoms with Gasteiger partial charge in [0, 0.05) is 52.6 Å². The van der Waals surface area contributed by atoms with Crippen LogP contribution in [0.2, 0.25) is 0 Å². The maximum Gasteiger partial charge on any atom is 0.225 e. The first-order chi connectivity index (χ1) is 18.9. The van der Waals surface area contributed by atoms with Crippen LogP contribution in [0.3, 0.4) is 0 Å². The van der Waals surface area contributed by atoms with E-state index < -0.39 is 0 Å². The minimum Gasteiger partial charge on any atom is -0.496 e. The van der Waals surface area contributed by atoms with Gasteiger partial charge in [0.1, 0.15) is 11.6 Å². The molecule has 0 unspecified atom stereocenters. The quantitative estimate of drug-likeness (QED) is 0.355. The van der Waals surface area contributed by atoms with Crippen LogP contribution >= 0.6 is 0 Å². The molecule has 0 spiro atoms. The van der Waals surface area contributed by atoms with Gasteiger partial charge in [0.25, 0.3) is 0 Å². The third-order valence-corrected chi connectivity index (χ3v) is 8.22. The first kappa shape index (κ1) is 30.1. The van der Waals surface area contributed by atoms with Crippen LogP contribution in [-0.2, 0) is 23.8 Å². The number of hydrogen-bond donors (Lipinski definition) is 2. The van der Waals surface area contributed by atoms with Crippen LogP contribution in [0.1, 0.15) is 98.0 Å². The van der Waals surface area contributed by atoms with E-state index >= 15 is 0 Å². The summed E-state index contributed by atoms with van der Waals surface area (Å²) in [5, 5.41) is 7.46. The molecular weight excluding hydrogens is 494 g/mol. The zero-order valence-corrected chi connectivity index (χ0v) is 26.3. The van der Waals surface area contributed by atoms with Gasteiger partial charge in [-0.05, 0) is 60.6 Å². The topological polar surface area (TPSA) is 62.3 Å². The van der Waals surface area contributed by atoms with Gasteiger partial charge < -0.3 is 20.3 Å². The van der Waals surface area contributed by atoms with Gasteiger partial charge in [-0.3, -0.25) is 0 Å². The summed E-state index contributed by atoms with van der Waals surface area (Å²) in [7, 11) is 5.91. The molecule has 2 aliphatic carbocycles. The van der Waals surface area contributed by atoms with Gasteiger partial charge in [0.2, 0.25) is 5.95 Å². The Labute approximate surface area is 245 Å². The van der Waals surface area contributed by atoms with E-state index in [4.69, 9.17) is 14.7 Å². The Hall–Kier alpha value is -2.86. The molecule has 1 saturated carbocycles. The molecule has 0 aliphatic heterocycles. The van der Waals surface area contributed by atoms with E-state index in [2.05, 4.69) is 108 Å². The van der Waals surface area contributed by atoms with Crippen molar-refractivity contribution in [3.05, 3.63) is 58.3 Å². The van der Waals surface area contributed by atoms with Crippen LogP contribution in [-0.4, -0.2) is 43.8 Å². The SMILES string of the molecule is COc1c(CNCC2CCC(Nc3nc4c(c(N(C)C)n3)C=CC=CC4)CC2)cc(C(C)(C)C)cc1C(C)(C)C.[HH].[HH]. The Morgan fingerprint density at radius 1 is 0.975 bits per heavy atom. The van der Waals surface area contributed by atoms with Crippen molar-refractivity contribution in [3.63, 3.8) is 0 Å². The lowest BCUT2D eigenvalue weighted by Gasteiger charge is -2.31. The minimum absolute atomic E-state index is 0. The molecule has 0 saturated heterocycles. The number of aromatic nitrogens is 2. The Morgan fingerprint density at radius 2 is 1.70 bits per heavy atom. The number of hydrogen-bond acceptors (Lipinski definition) is 6. The van der Waals surface area contributed by atoms with E-state index in [0.29, 0.717) is 12.0 Å². The molecule has 0 radical (unpaired) electrons. The number of allylic oxidation sites excluding steroid dienone is 3. The smallest absolute Gasteiger partial charge is 0.225 e. The Balaban J connectivity index is 0.00000308. The molecular formula is C34H55N5O. The number of methoxy groups -OCH3 is 1. The van der Waals surface area contributed by atoms with Gasteiger partial charge in [0.05, 0.1) is 12.8 Å². The van der Waals surface area contributed by atoms with Gasteiger partial charge in [-0.15, -0.1) is 0 Å². The molecule has 0 atom stereocenters. The fourth-order valence-corrected chi connectivity index (χ4v) is 5.80. The highest BCUT2D eigenvalue weighted by Gasteiger charge is 2.27. The number of fused-ring (bicyclic) bond motifs is 1. The fraction of sp³-hybridized carbons (Fsp3) is 0.588. The molecule has 2 N–H and O–H groups in total. The van der Waals surface area contributed by atoms with Crippen molar-refractivity contribution in [2.75, 3.05) is 38.0 Å². The average molecular weight is 550 g/mol. The van der Waals surface area contributed by atoms with Gasteiger partial charge in [-0.1, -0.05) is 71.9 Å². The molecule has 222 valence electrons. The summed E-state index contributed by atoms with van der Waals surface area (Å²) in [6, 6.07) is 5.11.